The first kappa shape index (κ1) is 21.2. The number of hydrogen-bond acceptors (Lipinski definition) is 5. The minimum atomic E-state index is -3.76. The van der Waals surface area contributed by atoms with E-state index < -0.39 is 21.4 Å². The maximum atomic E-state index is 13.1. The van der Waals surface area contributed by atoms with Crippen LogP contribution in [-0.4, -0.2) is 49.5 Å². The van der Waals surface area contributed by atoms with Crippen molar-refractivity contribution < 1.29 is 17.9 Å². The molecule has 2 aromatic carbocycles. The van der Waals surface area contributed by atoms with Gasteiger partial charge in [0.1, 0.15) is 5.56 Å². The predicted octanol–water partition coefficient (Wildman–Crippen LogP) is 1.49. The van der Waals surface area contributed by atoms with Crippen molar-refractivity contribution in [2.45, 2.75) is 11.4 Å². The van der Waals surface area contributed by atoms with Gasteiger partial charge in [0.15, 0.2) is 0 Å². The van der Waals surface area contributed by atoms with E-state index >= 15 is 0 Å². The number of fused-ring (bicyclic) bond motifs is 1. The quantitative estimate of drug-likeness (QED) is 0.647. The summed E-state index contributed by atoms with van der Waals surface area (Å²) in [6.45, 7) is 1.48. The highest BCUT2D eigenvalue weighted by Gasteiger charge is 2.27. The highest BCUT2D eigenvalue weighted by molar-refractivity contribution is 7.89. The van der Waals surface area contributed by atoms with Crippen LogP contribution in [0.1, 0.15) is 15.9 Å². The molecule has 0 unspecified atom stereocenters. The number of carbonyl (C=O) groups is 1. The molecule has 4 rings (SSSR count). The fourth-order valence-electron chi connectivity index (χ4n) is 3.60. The summed E-state index contributed by atoms with van der Waals surface area (Å²) < 4.78 is 34.2. The number of carbonyl (C=O) groups excluding carboxylic acids is 1. The number of rotatable bonds is 5. The number of benzene rings is 2. The molecule has 0 atom stereocenters. The Labute approximate surface area is 180 Å². The van der Waals surface area contributed by atoms with Crippen LogP contribution in [0.2, 0.25) is 0 Å². The Morgan fingerprint density at radius 3 is 2.52 bits per heavy atom. The van der Waals surface area contributed by atoms with E-state index in [2.05, 4.69) is 5.32 Å². The van der Waals surface area contributed by atoms with Crippen LogP contribution in [0.5, 0.6) is 0 Å². The molecule has 31 heavy (non-hydrogen) atoms. The van der Waals surface area contributed by atoms with Crippen molar-refractivity contribution >= 4 is 26.8 Å². The fourth-order valence-corrected chi connectivity index (χ4v) is 5.04. The average molecular weight is 442 g/mol. The van der Waals surface area contributed by atoms with Crippen molar-refractivity contribution in [2.75, 3.05) is 26.3 Å². The molecule has 3 aromatic rings. The Bertz CT molecular complexity index is 1280. The van der Waals surface area contributed by atoms with Crippen LogP contribution in [0.25, 0.3) is 10.9 Å². The molecule has 1 fully saturated rings. The highest BCUT2D eigenvalue weighted by atomic mass is 32.2. The van der Waals surface area contributed by atoms with Gasteiger partial charge in [0.2, 0.25) is 15.5 Å². The van der Waals surface area contributed by atoms with Gasteiger partial charge in [0, 0.05) is 38.3 Å². The zero-order valence-electron chi connectivity index (χ0n) is 17.1. The molecule has 1 aromatic heterocycles. The van der Waals surface area contributed by atoms with Gasteiger partial charge in [-0.3, -0.25) is 9.59 Å². The van der Waals surface area contributed by atoms with E-state index in [0.717, 1.165) is 5.56 Å². The average Bonchev–Trinajstić information content (AvgIpc) is 2.80. The van der Waals surface area contributed by atoms with E-state index in [1.165, 1.54) is 22.6 Å². The summed E-state index contributed by atoms with van der Waals surface area (Å²) in [6.07, 6.45) is 1.47. The van der Waals surface area contributed by atoms with Crippen molar-refractivity contribution in [3.05, 3.63) is 76.1 Å². The van der Waals surface area contributed by atoms with Gasteiger partial charge in [-0.1, -0.05) is 30.3 Å². The van der Waals surface area contributed by atoms with Crippen molar-refractivity contribution in [3.8, 4) is 0 Å². The molecule has 162 valence electrons. The Kier molecular flexibility index (Phi) is 5.90. The lowest BCUT2D eigenvalue weighted by Crippen LogP contribution is -2.40. The summed E-state index contributed by atoms with van der Waals surface area (Å²) in [4.78, 5) is 25.8. The number of morpholine rings is 1. The SMILES string of the molecule is Cn1cc(C(=O)NCc2ccccc2)c(=O)c2cc(S(=O)(=O)N3CCOCC3)ccc21. The third-order valence-electron chi connectivity index (χ3n) is 5.31. The maximum absolute atomic E-state index is 13.1. The second-order valence-electron chi connectivity index (χ2n) is 7.35. The molecular formula is C22H23N3O5S. The third-order valence-corrected chi connectivity index (χ3v) is 7.20. The van der Waals surface area contributed by atoms with Gasteiger partial charge in [-0.05, 0) is 23.8 Å². The molecule has 1 amide bonds. The first-order chi connectivity index (χ1) is 14.9. The number of sulfonamides is 1. The van der Waals surface area contributed by atoms with Gasteiger partial charge >= 0.3 is 0 Å². The van der Waals surface area contributed by atoms with Gasteiger partial charge in [-0.15, -0.1) is 0 Å². The van der Waals surface area contributed by atoms with Gasteiger partial charge in [-0.25, -0.2) is 8.42 Å². The molecule has 1 aliphatic rings. The first-order valence-corrected chi connectivity index (χ1v) is 11.4. The highest BCUT2D eigenvalue weighted by Crippen LogP contribution is 2.21. The minimum Gasteiger partial charge on any atom is -0.379 e. The van der Waals surface area contributed by atoms with Crippen molar-refractivity contribution in [1.29, 1.82) is 0 Å². The molecular weight excluding hydrogens is 418 g/mol. The van der Waals surface area contributed by atoms with Gasteiger partial charge in [-0.2, -0.15) is 4.31 Å². The second kappa shape index (κ2) is 8.62. The standard InChI is InChI=1S/C22H23N3O5S/c1-24-15-19(22(27)23-14-16-5-3-2-4-6-16)21(26)18-13-17(7-8-20(18)24)31(28,29)25-9-11-30-12-10-25/h2-8,13,15H,9-12,14H2,1H3,(H,23,27). The van der Waals surface area contributed by atoms with Gasteiger partial charge < -0.3 is 14.6 Å². The zero-order valence-corrected chi connectivity index (χ0v) is 17.9. The summed E-state index contributed by atoms with van der Waals surface area (Å²) in [5, 5.41) is 2.94. The van der Waals surface area contributed by atoms with Crippen LogP contribution in [0.3, 0.4) is 0 Å². The lowest BCUT2D eigenvalue weighted by molar-refractivity contribution is 0.0730. The van der Waals surface area contributed by atoms with Crippen LogP contribution >= 0.6 is 0 Å². The molecule has 0 spiro atoms. The van der Waals surface area contributed by atoms with Crippen LogP contribution < -0.4 is 10.7 Å². The van der Waals surface area contributed by atoms with E-state index in [1.54, 1.807) is 17.7 Å². The van der Waals surface area contributed by atoms with Crippen molar-refractivity contribution in [3.63, 3.8) is 0 Å². The molecule has 9 heteroatoms. The van der Waals surface area contributed by atoms with Crippen LogP contribution in [-0.2, 0) is 28.4 Å². The molecule has 8 nitrogen and oxygen atoms in total. The number of pyridine rings is 1. The number of amides is 1. The molecule has 1 saturated heterocycles. The number of nitrogens with zero attached hydrogens (tertiary/aromatic N) is 2. The van der Waals surface area contributed by atoms with Gasteiger partial charge in [0.05, 0.1) is 23.6 Å². The number of aromatic nitrogens is 1. The van der Waals surface area contributed by atoms with Crippen LogP contribution in [0.4, 0.5) is 0 Å². The first-order valence-electron chi connectivity index (χ1n) is 9.91. The Balaban J connectivity index is 1.69. The summed E-state index contributed by atoms with van der Waals surface area (Å²) >= 11 is 0. The van der Waals surface area contributed by atoms with Gasteiger partial charge in [0.25, 0.3) is 5.91 Å². The largest absolute Gasteiger partial charge is 0.379 e. The molecule has 0 aliphatic carbocycles. The van der Waals surface area contributed by atoms with Crippen molar-refractivity contribution in [2.24, 2.45) is 7.05 Å². The summed E-state index contributed by atoms with van der Waals surface area (Å²) in [5.41, 5.74) is 0.919. The number of nitrogens with one attached hydrogen (secondary N) is 1. The summed E-state index contributed by atoms with van der Waals surface area (Å²) in [5.74, 6) is -0.507. The predicted molar refractivity (Wildman–Crippen MR) is 116 cm³/mol. The lowest BCUT2D eigenvalue weighted by atomic mass is 10.1. The van der Waals surface area contributed by atoms with E-state index in [-0.39, 0.29) is 35.5 Å². The fraction of sp³-hybridized carbons (Fsp3) is 0.273. The van der Waals surface area contributed by atoms with Crippen LogP contribution in [0, 0.1) is 0 Å². The minimum absolute atomic E-state index is 0.0286. The molecule has 0 bridgehead atoms. The molecule has 2 heterocycles. The molecule has 0 radical (unpaired) electrons. The van der Waals surface area contributed by atoms with Crippen LogP contribution in [0.15, 0.2) is 64.4 Å². The zero-order chi connectivity index (χ0) is 22.0. The lowest BCUT2D eigenvalue weighted by Gasteiger charge is -2.26. The number of hydrogen-bond donors (Lipinski definition) is 1. The Morgan fingerprint density at radius 1 is 1.10 bits per heavy atom. The Hall–Kier alpha value is -3.01. The molecule has 1 aliphatic heterocycles. The number of ether oxygens (including phenoxy) is 1. The monoisotopic (exact) mass is 441 g/mol. The maximum Gasteiger partial charge on any atom is 0.257 e. The summed E-state index contributed by atoms with van der Waals surface area (Å²) in [7, 11) is -2.04. The normalized spacial score (nSPS) is 15.1. The van der Waals surface area contributed by atoms with E-state index in [4.69, 9.17) is 4.74 Å². The second-order valence-corrected chi connectivity index (χ2v) is 9.28. The summed E-state index contributed by atoms with van der Waals surface area (Å²) in [6, 6.07) is 13.8. The van der Waals surface area contributed by atoms with E-state index in [0.29, 0.717) is 18.7 Å². The molecule has 1 N–H and O–H groups in total. The Morgan fingerprint density at radius 2 is 1.81 bits per heavy atom. The molecule has 0 saturated carbocycles. The third kappa shape index (κ3) is 4.25. The van der Waals surface area contributed by atoms with E-state index in [9.17, 15) is 18.0 Å². The smallest absolute Gasteiger partial charge is 0.257 e. The topological polar surface area (TPSA) is 97.7 Å². The number of aryl methyl sites for hydroxylation is 1. The van der Waals surface area contributed by atoms with E-state index in [1.807, 2.05) is 30.3 Å². The van der Waals surface area contributed by atoms with Crippen molar-refractivity contribution in [1.82, 2.24) is 14.2 Å².